The molecule has 1 saturated heterocycles. The van der Waals surface area contributed by atoms with Crippen molar-refractivity contribution >= 4 is 49.3 Å². The summed E-state index contributed by atoms with van der Waals surface area (Å²) in [6.07, 6.45) is 1.35. The number of aliphatic imine (C=N–C) groups is 1. The molecule has 0 saturated carbocycles. The monoisotopic (exact) mass is 542 g/mol. The van der Waals surface area contributed by atoms with Crippen LogP contribution in [0.4, 0.5) is 5.69 Å². The Morgan fingerprint density at radius 1 is 1.22 bits per heavy atom. The lowest BCUT2D eigenvalue weighted by Gasteiger charge is -2.30. The lowest BCUT2D eigenvalue weighted by Crippen LogP contribution is -2.41. The van der Waals surface area contributed by atoms with Crippen molar-refractivity contribution in [2.75, 3.05) is 38.1 Å². The van der Waals surface area contributed by atoms with Crippen molar-refractivity contribution < 1.29 is 23.1 Å². The maximum atomic E-state index is 13.5. The summed E-state index contributed by atoms with van der Waals surface area (Å²) in [7, 11) is -0.901. The Bertz CT molecular complexity index is 1440. The number of H-pyrrole nitrogens is 1. The average molecular weight is 543 g/mol. The van der Waals surface area contributed by atoms with Crippen LogP contribution < -0.4 is 9.04 Å². The lowest BCUT2D eigenvalue weighted by atomic mass is 10.1. The van der Waals surface area contributed by atoms with Crippen molar-refractivity contribution in [2.24, 2.45) is 4.99 Å². The molecule has 2 N–H and O–H groups in total. The molecular formula is C26H30N4O5S2. The second kappa shape index (κ2) is 10.4. The number of hydrogen-bond acceptors (Lipinski definition) is 7. The van der Waals surface area contributed by atoms with E-state index < -0.39 is 10.0 Å². The summed E-state index contributed by atoms with van der Waals surface area (Å²) in [5.41, 5.74) is 2.00. The van der Waals surface area contributed by atoms with Crippen molar-refractivity contribution in [3.05, 3.63) is 54.2 Å². The van der Waals surface area contributed by atoms with Gasteiger partial charge >= 0.3 is 0 Å². The summed E-state index contributed by atoms with van der Waals surface area (Å²) in [4.78, 5) is 22.7. The standard InChI is InChI=1S/C26H30N4O5S2/c1-29(37(33,34)23-9-4-3-8-22(23)35-2)21-7-5-6-17-14-20(28-25(17)21)26-27-16-19(36-26)15-24(32)30-12-10-18(31)11-13-30/h3-9,14,18-19,28,31H,10-13,15-16H2,1-2H3. The number of thioether (sulfide) groups is 1. The van der Waals surface area contributed by atoms with Gasteiger partial charge in [-0.05, 0) is 37.1 Å². The summed E-state index contributed by atoms with van der Waals surface area (Å²) in [5.74, 6) is 0.384. The number of nitrogens with one attached hydrogen (secondary N) is 1. The summed E-state index contributed by atoms with van der Waals surface area (Å²) in [6, 6.07) is 14.0. The maximum Gasteiger partial charge on any atom is 0.267 e. The highest BCUT2D eigenvalue weighted by molar-refractivity contribution is 8.15. The van der Waals surface area contributed by atoms with E-state index in [9.17, 15) is 18.3 Å². The van der Waals surface area contributed by atoms with Crippen molar-refractivity contribution in [1.82, 2.24) is 9.88 Å². The van der Waals surface area contributed by atoms with Crippen molar-refractivity contribution in [2.45, 2.75) is 35.5 Å². The predicted molar refractivity (Wildman–Crippen MR) is 146 cm³/mol. The molecule has 0 aliphatic carbocycles. The molecule has 1 fully saturated rings. The topological polar surface area (TPSA) is 115 Å². The Balaban J connectivity index is 1.34. The zero-order chi connectivity index (χ0) is 26.2. The van der Waals surface area contributed by atoms with Crippen molar-refractivity contribution in [3.8, 4) is 5.75 Å². The first-order valence-corrected chi connectivity index (χ1v) is 14.5. The number of para-hydroxylation sites is 2. The van der Waals surface area contributed by atoms with Gasteiger partial charge in [0.1, 0.15) is 15.7 Å². The van der Waals surface area contributed by atoms with Crippen LogP contribution in [0.3, 0.4) is 0 Å². The summed E-state index contributed by atoms with van der Waals surface area (Å²) < 4.78 is 33.5. The third-order valence-corrected chi connectivity index (χ3v) is 9.88. The minimum Gasteiger partial charge on any atom is -0.495 e. The van der Waals surface area contributed by atoms with Gasteiger partial charge in [0.15, 0.2) is 0 Å². The van der Waals surface area contributed by atoms with Crippen LogP contribution in [0.5, 0.6) is 5.75 Å². The molecule has 0 radical (unpaired) electrons. The van der Waals surface area contributed by atoms with E-state index in [1.54, 1.807) is 36.0 Å². The molecule has 0 spiro atoms. The van der Waals surface area contributed by atoms with Crippen LogP contribution in [-0.2, 0) is 14.8 Å². The van der Waals surface area contributed by atoms with Crippen LogP contribution in [0, 0.1) is 0 Å². The van der Waals surface area contributed by atoms with E-state index in [4.69, 9.17) is 4.74 Å². The molecule has 1 unspecified atom stereocenters. The molecule has 0 bridgehead atoms. The minimum absolute atomic E-state index is 0.0498. The fraction of sp³-hybridized carbons (Fsp3) is 0.385. The number of carbonyl (C=O) groups excluding carboxylic acids is 1. The van der Waals surface area contributed by atoms with Gasteiger partial charge in [-0.25, -0.2) is 8.42 Å². The van der Waals surface area contributed by atoms with Crippen molar-refractivity contribution in [3.63, 3.8) is 0 Å². The number of aromatic amines is 1. The van der Waals surface area contributed by atoms with E-state index in [-0.39, 0.29) is 27.9 Å². The minimum atomic E-state index is -3.88. The van der Waals surface area contributed by atoms with Crippen LogP contribution >= 0.6 is 11.8 Å². The predicted octanol–water partition coefficient (Wildman–Crippen LogP) is 3.24. The highest BCUT2D eigenvalue weighted by atomic mass is 32.2. The molecule has 2 aliphatic rings. The van der Waals surface area contributed by atoms with Crippen molar-refractivity contribution in [1.29, 1.82) is 0 Å². The molecule has 2 aromatic carbocycles. The number of aliphatic hydroxyl groups excluding tert-OH is 1. The molecule has 3 heterocycles. The molecular weight excluding hydrogens is 512 g/mol. The first-order valence-electron chi connectivity index (χ1n) is 12.2. The molecule has 9 nitrogen and oxygen atoms in total. The van der Waals surface area contributed by atoms with E-state index in [1.165, 1.54) is 24.5 Å². The number of fused-ring (bicyclic) bond motifs is 1. The molecule has 37 heavy (non-hydrogen) atoms. The summed E-state index contributed by atoms with van der Waals surface area (Å²) in [6.45, 7) is 1.74. The Morgan fingerprint density at radius 2 is 1.97 bits per heavy atom. The number of amides is 1. The van der Waals surface area contributed by atoms with E-state index in [1.807, 2.05) is 23.1 Å². The van der Waals surface area contributed by atoms with E-state index >= 15 is 0 Å². The van der Waals surface area contributed by atoms with Gasteiger partial charge in [-0.3, -0.25) is 14.1 Å². The third kappa shape index (κ3) is 5.07. The zero-order valence-corrected chi connectivity index (χ0v) is 22.4. The number of aromatic nitrogens is 1. The maximum absolute atomic E-state index is 13.5. The number of anilines is 1. The smallest absolute Gasteiger partial charge is 0.267 e. The molecule has 1 amide bonds. The van der Waals surface area contributed by atoms with Gasteiger partial charge in [-0.15, -0.1) is 0 Å². The number of methoxy groups -OCH3 is 1. The number of carbonyl (C=O) groups is 1. The number of aliphatic hydroxyl groups is 1. The molecule has 1 atom stereocenters. The van der Waals surface area contributed by atoms with Crippen LogP contribution in [0.1, 0.15) is 25.0 Å². The van der Waals surface area contributed by atoms with Gasteiger partial charge in [0, 0.05) is 37.2 Å². The van der Waals surface area contributed by atoms with E-state index in [0.717, 1.165) is 16.1 Å². The summed E-state index contributed by atoms with van der Waals surface area (Å²) in [5, 5.41) is 11.4. The fourth-order valence-corrected chi connectivity index (χ4v) is 7.18. The van der Waals surface area contributed by atoms with Gasteiger partial charge in [0.05, 0.1) is 36.7 Å². The Labute approximate surface area is 220 Å². The molecule has 196 valence electrons. The molecule has 5 rings (SSSR count). The Kier molecular flexibility index (Phi) is 7.19. The first-order chi connectivity index (χ1) is 17.8. The van der Waals surface area contributed by atoms with E-state index in [0.29, 0.717) is 50.1 Å². The summed E-state index contributed by atoms with van der Waals surface area (Å²) >= 11 is 1.57. The highest BCUT2D eigenvalue weighted by Crippen LogP contribution is 2.35. The quantitative estimate of drug-likeness (QED) is 0.474. The number of nitrogens with zero attached hydrogens (tertiary/aromatic N) is 3. The number of piperidine rings is 1. The SMILES string of the molecule is COc1ccccc1S(=O)(=O)N(C)c1cccc2cc(C3=NCC(CC(=O)N4CCC(O)CC4)S3)[nH]c12. The van der Waals surface area contributed by atoms with Crippen LogP contribution in [0.15, 0.2) is 58.4 Å². The largest absolute Gasteiger partial charge is 0.495 e. The number of ether oxygens (including phenoxy) is 1. The highest BCUT2D eigenvalue weighted by Gasteiger charge is 2.30. The van der Waals surface area contributed by atoms with E-state index in [2.05, 4.69) is 9.98 Å². The number of rotatable bonds is 7. The number of benzene rings is 2. The normalized spacial score (nSPS) is 18.7. The lowest BCUT2D eigenvalue weighted by molar-refractivity contribution is -0.133. The van der Waals surface area contributed by atoms with Crippen LogP contribution in [0.25, 0.3) is 10.9 Å². The van der Waals surface area contributed by atoms with Crippen LogP contribution in [0.2, 0.25) is 0 Å². The number of hydrogen-bond donors (Lipinski definition) is 2. The van der Waals surface area contributed by atoms with Gasteiger partial charge in [0.25, 0.3) is 10.0 Å². The van der Waals surface area contributed by atoms with Gasteiger partial charge in [0.2, 0.25) is 5.91 Å². The fourth-order valence-electron chi connectivity index (χ4n) is 4.74. The number of sulfonamides is 1. The average Bonchev–Trinajstić information content (AvgIpc) is 3.55. The molecule has 11 heteroatoms. The number of likely N-dealkylation sites (tertiary alicyclic amines) is 1. The Morgan fingerprint density at radius 3 is 2.73 bits per heavy atom. The first kappa shape index (κ1) is 25.6. The zero-order valence-electron chi connectivity index (χ0n) is 20.8. The second-order valence-corrected chi connectivity index (χ2v) is 12.5. The van der Waals surface area contributed by atoms with Gasteiger partial charge in [-0.2, -0.15) is 0 Å². The molecule has 2 aliphatic heterocycles. The molecule has 1 aromatic heterocycles. The van der Waals surface area contributed by atoms with Gasteiger partial charge in [-0.1, -0.05) is 36.0 Å². The van der Waals surface area contributed by atoms with Crippen LogP contribution in [-0.4, -0.2) is 79.5 Å². The molecule has 3 aromatic rings. The second-order valence-electron chi connectivity index (χ2n) is 9.25. The Hall–Kier alpha value is -3.02. The third-order valence-electron chi connectivity index (χ3n) is 6.85. The van der Waals surface area contributed by atoms with Gasteiger partial charge < -0.3 is 19.7 Å².